The lowest BCUT2D eigenvalue weighted by molar-refractivity contribution is -0.132. The highest BCUT2D eigenvalue weighted by atomic mass is 16.5. The average Bonchev–Trinajstić information content (AvgIpc) is 3.23. The Morgan fingerprint density at radius 1 is 1.17 bits per heavy atom. The first-order chi connectivity index (χ1) is 16.9. The second kappa shape index (κ2) is 9.31. The Balaban J connectivity index is 1.47. The van der Waals surface area contributed by atoms with E-state index < -0.39 is 17.1 Å². The molecular weight excluding hydrogens is 448 g/mol. The highest BCUT2D eigenvalue weighted by Crippen LogP contribution is 2.35. The molecule has 0 spiro atoms. The highest BCUT2D eigenvalue weighted by molar-refractivity contribution is 5.86. The molecule has 0 saturated heterocycles. The van der Waals surface area contributed by atoms with Gasteiger partial charge in [-0.1, -0.05) is 30.3 Å². The molecule has 1 aliphatic rings. The molecule has 0 aliphatic carbocycles. The van der Waals surface area contributed by atoms with Crippen LogP contribution in [0.25, 0.3) is 10.9 Å². The van der Waals surface area contributed by atoms with Crippen molar-refractivity contribution >= 4 is 16.8 Å². The van der Waals surface area contributed by atoms with Crippen LogP contribution in [0.4, 0.5) is 0 Å². The van der Waals surface area contributed by atoms with Crippen LogP contribution in [-0.2, 0) is 29.1 Å². The zero-order chi connectivity index (χ0) is 24.5. The summed E-state index contributed by atoms with van der Waals surface area (Å²) in [6.45, 7) is 1.06. The molecule has 1 amide bonds. The number of aromatic amines is 1. The lowest BCUT2D eigenvalue weighted by Gasteiger charge is -2.29. The topological polar surface area (TPSA) is 116 Å². The molecule has 1 aliphatic heterocycles. The van der Waals surface area contributed by atoms with Crippen molar-refractivity contribution in [1.82, 2.24) is 9.88 Å². The number of aromatic nitrogens is 1. The molecule has 0 bridgehead atoms. The molecule has 8 heteroatoms. The van der Waals surface area contributed by atoms with Gasteiger partial charge in [0.15, 0.2) is 5.76 Å². The van der Waals surface area contributed by atoms with Gasteiger partial charge in [0.05, 0.1) is 12.5 Å². The summed E-state index contributed by atoms with van der Waals surface area (Å²) < 4.78 is 10.9. The smallest absolute Gasteiger partial charge is 0.227 e. The quantitative estimate of drug-likeness (QED) is 0.392. The minimum Gasteiger partial charge on any atom is -0.508 e. The summed E-state index contributed by atoms with van der Waals surface area (Å²) in [5.41, 5.74) is 3.33. The number of carbonyl (C=O) groups excluding carboxylic acids is 1. The predicted octanol–water partition coefficient (Wildman–Crippen LogP) is 3.79. The number of nitrogens with zero attached hydrogens (tertiary/aromatic N) is 1. The highest BCUT2D eigenvalue weighted by Gasteiger charge is 2.30. The van der Waals surface area contributed by atoms with Crippen LogP contribution in [0.1, 0.15) is 40.7 Å². The van der Waals surface area contributed by atoms with E-state index in [4.69, 9.17) is 9.15 Å². The molecule has 0 fully saturated rings. The van der Waals surface area contributed by atoms with Crippen LogP contribution in [0, 0.1) is 0 Å². The van der Waals surface area contributed by atoms with E-state index in [9.17, 15) is 19.8 Å². The maximum absolute atomic E-state index is 13.5. The summed E-state index contributed by atoms with van der Waals surface area (Å²) in [5.74, 6) is -1.07. The van der Waals surface area contributed by atoms with Gasteiger partial charge in [-0.05, 0) is 35.7 Å². The Hall–Kier alpha value is -4.04. The average molecular weight is 475 g/mol. The lowest BCUT2D eigenvalue weighted by atomic mass is 9.91. The standard InChI is InChI=1S/C27H26N2O6/c1-34-15-18-12-24(31)26(33)27(35-18)21(16-6-8-17(30)9-7-16)13-25(32)29-11-10-20-19-4-2-3-5-22(19)28-23(20)14-29/h2-9,12,21,28,30,33H,10-11,13-15H2,1H3/t21-/m1/s1. The monoisotopic (exact) mass is 474 g/mol. The fraction of sp³-hybridized carbons (Fsp3) is 0.259. The Bertz CT molecular complexity index is 1440. The fourth-order valence-corrected chi connectivity index (χ4v) is 4.78. The molecule has 35 heavy (non-hydrogen) atoms. The number of benzene rings is 2. The molecule has 3 heterocycles. The van der Waals surface area contributed by atoms with Gasteiger partial charge in [0, 0.05) is 42.7 Å². The van der Waals surface area contributed by atoms with Crippen molar-refractivity contribution < 1.29 is 24.2 Å². The zero-order valence-electron chi connectivity index (χ0n) is 19.3. The number of aromatic hydroxyl groups is 2. The number of hydrogen-bond donors (Lipinski definition) is 3. The number of phenols is 1. The second-order valence-electron chi connectivity index (χ2n) is 8.76. The van der Waals surface area contributed by atoms with E-state index in [1.54, 1.807) is 17.0 Å². The van der Waals surface area contributed by atoms with Crippen LogP contribution >= 0.6 is 0 Å². The fourth-order valence-electron chi connectivity index (χ4n) is 4.78. The van der Waals surface area contributed by atoms with Gasteiger partial charge in [0.1, 0.15) is 18.1 Å². The van der Waals surface area contributed by atoms with Crippen molar-refractivity contribution in [2.75, 3.05) is 13.7 Å². The van der Waals surface area contributed by atoms with E-state index in [0.29, 0.717) is 18.7 Å². The first-order valence-corrected chi connectivity index (χ1v) is 11.4. The summed E-state index contributed by atoms with van der Waals surface area (Å²) in [6, 6.07) is 15.6. The summed E-state index contributed by atoms with van der Waals surface area (Å²) in [4.78, 5) is 31.1. The van der Waals surface area contributed by atoms with E-state index >= 15 is 0 Å². The Morgan fingerprint density at radius 2 is 1.94 bits per heavy atom. The van der Waals surface area contributed by atoms with Gasteiger partial charge in [-0.2, -0.15) is 0 Å². The molecule has 180 valence electrons. The molecule has 4 aromatic rings. The van der Waals surface area contributed by atoms with Crippen LogP contribution in [0.3, 0.4) is 0 Å². The number of H-pyrrole nitrogens is 1. The van der Waals surface area contributed by atoms with E-state index in [1.165, 1.54) is 36.3 Å². The summed E-state index contributed by atoms with van der Waals surface area (Å²) >= 11 is 0. The normalized spacial score (nSPS) is 14.1. The van der Waals surface area contributed by atoms with Crippen molar-refractivity contribution in [2.24, 2.45) is 0 Å². The molecule has 0 unspecified atom stereocenters. The first kappa shape index (κ1) is 22.7. The number of phenolic OH excluding ortho intramolecular Hbond substituents is 1. The van der Waals surface area contributed by atoms with Gasteiger partial charge >= 0.3 is 0 Å². The van der Waals surface area contributed by atoms with Gasteiger partial charge in [-0.3, -0.25) is 9.59 Å². The van der Waals surface area contributed by atoms with Crippen molar-refractivity contribution in [2.45, 2.75) is 31.9 Å². The van der Waals surface area contributed by atoms with Crippen LogP contribution in [0.15, 0.2) is 63.8 Å². The van der Waals surface area contributed by atoms with E-state index in [0.717, 1.165) is 17.6 Å². The maximum atomic E-state index is 13.5. The zero-order valence-corrected chi connectivity index (χ0v) is 19.3. The molecular formula is C27H26N2O6. The van der Waals surface area contributed by atoms with Gasteiger partial charge in [0.25, 0.3) is 0 Å². The predicted molar refractivity (Wildman–Crippen MR) is 129 cm³/mol. The largest absolute Gasteiger partial charge is 0.508 e. The molecule has 5 rings (SSSR count). The molecule has 0 saturated carbocycles. The van der Waals surface area contributed by atoms with Crippen LogP contribution in [0.5, 0.6) is 11.5 Å². The number of ether oxygens (including phenoxy) is 1. The number of methoxy groups -OCH3 is 1. The van der Waals surface area contributed by atoms with Crippen LogP contribution < -0.4 is 5.43 Å². The molecule has 0 radical (unpaired) electrons. The molecule has 1 atom stereocenters. The number of nitrogens with one attached hydrogen (secondary N) is 1. The van der Waals surface area contributed by atoms with Crippen molar-refractivity contribution in [3.05, 3.63) is 93.2 Å². The number of para-hydroxylation sites is 1. The lowest BCUT2D eigenvalue weighted by Crippen LogP contribution is -2.36. The number of fused-ring (bicyclic) bond motifs is 3. The minimum atomic E-state index is -0.725. The third-order valence-corrected chi connectivity index (χ3v) is 6.51. The first-order valence-electron chi connectivity index (χ1n) is 11.4. The minimum absolute atomic E-state index is 0.00639. The summed E-state index contributed by atoms with van der Waals surface area (Å²) in [5, 5.41) is 21.5. The number of amides is 1. The Labute approximate surface area is 201 Å². The molecule has 2 aromatic heterocycles. The number of hydrogen-bond acceptors (Lipinski definition) is 6. The van der Waals surface area contributed by atoms with Crippen LogP contribution in [0.2, 0.25) is 0 Å². The SMILES string of the molecule is COCc1cc(=O)c(O)c([C@H](CC(=O)N2CCc3c([nH]c4ccccc34)C2)c2ccc(O)cc2)o1. The van der Waals surface area contributed by atoms with Crippen molar-refractivity contribution in [3.63, 3.8) is 0 Å². The third-order valence-electron chi connectivity index (χ3n) is 6.51. The van der Waals surface area contributed by atoms with Gasteiger partial charge in [-0.15, -0.1) is 0 Å². The Morgan fingerprint density at radius 3 is 2.71 bits per heavy atom. The maximum Gasteiger partial charge on any atom is 0.227 e. The van der Waals surface area contributed by atoms with Gasteiger partial charge in [-0.25, -0.2) is 0 Å². The van der Waals surface area contributed by atoms with Gasteiger partial charge in [0.2, 0.25) is 17.1 Å². The van der Waals surface area contributed by atoms with E-state index in [-0.39, 0.29) is 36.2 Å². The van der Waals surface area contributed by atoms with E-state index in [2.05, 4.69) is 11.1 Å². The number of rotatable bonds is 6. The van der Waals surface area contributed by atoms with Gasteiger partial charge < -0.3 is 29.3 Å². The Kier molecular flexibility index (Phi) is 6.05. The molecule has 8 nitrogen and oxygen atoms in total. The van der Waals surface area contributed by atoms with Crippen molar-refractivity contribution in [3.8, 4) is 11.5 Å². The summed E-state index contributed by atoms with van der Waals surface area (Å²) in [6.07, 6.45) is 0.714. The van der Waals surface area contributed by atoms with E-state index in [1.807, 2.05) is 18.2 Å². The summed E-state index contributed by atoms with van der Waals surface area (Å²) in [7, 11) is 1.47. The van der Waals surface area contributed by atoms with Crippen LogP contribution in [-0.4, -0.2) is 39.7 Å². The third kappa shape index (κ3) is 4.40. The molecule has 3 N–H and O–H groups in total. The second-order valence-corrected chi connectivity index (χ2v) is 8.76. The number of carbonyl (C=O) groups is 1. The molecule has 2 aromatic carbocycles. The van der Waals surface area contributed by atoms with Crippen molar-refractivity contribution in [1.29, 1.82) is 0 Å².